The predicted octanol–water partition coefficient (Wildman–Crippen LogP) is 3.60. The maximum Gasteiger partial charge on any atom is 0.187 e. The lowest BCUT2D eigenvalue weighted by Crippen LogP contribution is -2.07. The van der Waals surface area contributed by atoms with Gasteiger partial charge in [-0.25, -0.2) is 9.97 Å². The molecule has 5 heterocycles. The van der Waals surface area contributed by atoms with E-state index in [1.807, 2.05) is 37.5 Å². The molecule has 0 aliphatic rings. The topological polar surface area (TPSA) is 86.7 Å². The van der Waals surface area contributed by atoms with Gasteiger partial charge in [0.05, 0.1) is 42.0 Å². The van der Waals surface area contributed by atoms with Gasteiger partial charge in [-0.3, -0.25) is 14.5 Å². The minimum absolute atomic E-state index is 0.0987. The van der Waals surface area contributed by atoms with Gasteiger partial charge < -0.3 is 4.42 Å². The van der Waals surface area contributed by atoms with Gasteiger partial charge in [0.1, 0.15) is 5.69 Å². The number of ketones is 1. The van der Waals surface area contributed by atoms with Gasteiger partial charge in [0.25, 0.3) is 0 Å². The van der Waals surface area contributed by atoms with Crippen LogP contribution in [0.5, 0.6) is 0 Å². The minimum atomic E-state index is -0.0987. The number of fused-ring (bicyclic) bond motifs is 2. The highest BCUT2D eigenvalue weighted by Gasteiger charge is 2.12. The summed E-state index contributed by atoms with van der Waals surface area (Å²) in [6, 6.07) is 9.31. The number of nitrogens with zero attached hydrogens (tertiary/aromatic N) is 5. The molecule has 5 aromatic heterocycles. The van der Waals surface area contributed by atoms with E-state index in [-0.39, 0.29) is 12.2 Å². The first kappa shape index (κ1) is 16.3. The van der Waals surface area contributed by atoms with Crippen LogP contribution in [0.4, 0.5) is 0 Å². The largest absolute Gasteiger partial charge is 0.463 e. The average Bonchev–Trinajstić information content (AvgIpc) is 3.35. The van der Waals surface area contributed by atoms with E-state index in [0.29, 0.717) is 17.0 Å². The van der Waals surface area contributed by atoms with E-state index in [4.69, 9.17) is 9.40 Å². The molecule has 0 spiro atoms. The van der Waals surface area contributed by atoms with Crippen LogP contribution in [-0.2, 0) is 13.5 Å². The normalized spacial score (nSPS) is 11.3. The molecule has 0 aliphatic carbocycles. The van der Waals surface area contributed by atoms with Crippen molar-refractivity contribution in [3.8, 4) is 11.3 Å². The van der Waals surface area contributed by atoms with E-state index in [2.05, 4.69) is 15.1 Å². The quantitative estimate of drug-likeness (QED) is 0.450. The van der Waals surface area contributed by atoms with Crippen LogP contribution in [0.3, 0.4) is 0 Å². The molecule has 0 aliphatic heterocycles. The van der Waals surface area contributed by atoms with Crippen molar-refractivity contribution in [3.05, 3.63) is 72.8 Å². The van der Waals surface area contributed by atoms with Crippen LogP contribution in [0.2, 0.25) is 0 Å². The smallest absolute Gasteiger partial charge is 0.187 e. The molecule has 7 nitrogen and oxygen atoms in total. The Labute approximate surface area is 159 Å². The molecular weight excluding hydrogens is 354 g/mol. The first-order valence-electron chi connectivity index (χ1n) is 8.77. The molecule has 0 bridgehead atoms. The summed E-state index contributed by atoms with van der Waals surface area (Å²) >= 11 is 0. The third-order valence-electron chi connectivity index (χ3n) is 4.60. The van der Waals surface area contributed by atoms with Crippen molar-refractivity contribution in [2.75, 3.05) is 0 Å². The monoisotopic (exact) mass is 369 g/mol. The summed E-state index contributed by atoms with van der Waals surface area (Å²) in [6.45, 7) is 0. The second kappa shape index (κ2) is 6.38. The fourth-order valence-electron chi connectivity index (χ4n) is 3.14. The van der Waals surface area contributed by atoms with Crippen molar-refractivity contribution >= 4 is 27.7 Å². The lowest BCUT2D eigenvalue weighted by atomic mass is 10.1. The first-order valence-corrected chi connectivity index (χ1v) is 8.77. The second-order valence-corrected chi connectivity index (χ2v) is 6.60. The van der Waals surface area contributed by atoms with E-state index >= 15 is 0 Å². The first-order chi connectivity index (χ1) is 13.7. The number of carbonyl (C=O) groups is 1. The standard InChI is InChI=1S/C21H15N5O2/c1-26-12-15(10-24-26)17-3-2-14-9-22-16(7-18(14)25-17)8-20(27)19-6-13-4-5-28-21(13)11-23-19/h2-7,9-12H,8H2,1H3. The highest BCUT2D eigenvalue weighted by Crippen LogP contribution is 2.21. The van der Waals surface area contributed by atoms with Crippen LogP contribution in [0.25, 0.3) is 33.1 Å². The molecule has 136 valence electrons. The van der Waals surface area contributed by atoms with Crippen molar-refractivity contribution in [1.29, 1.82) is 0 Å². The number of carbonyl (C=O) groups excluding carboxylic acids is 1. The summed E-state index contributed by atoms with van der Waals surface area (Å²) in [6.07, 6.45) is 8.74. The zero-order valence-electron chi connectivity index (χ0n) is 15.0. The number of hydrogen-bond donors (Lipinski definition) is 0. The molecule has 0 aromatic carbocycles. The zero-order valence-corrected chi connectivity index (χ0v) is 15.0. The Hall–Kier alpha value is -3.87. The Bertz CT molecular complexity index is 1340. The number of hydrogen-bond acceptors (Lipinski definition) is 6. The van der Waals surface area contributed by atoms with Crippen molar-refractivity contribution in [2.45, 2.75) is 6.42 Å². The highest BCUT2D eigenvalue weighted by atomic mass is 16.3. The third-order valence-corrected chi connectivity index (χ3v) is 4.60. The Kier molecular flexibility index (Phi) is 3.72. The van der Waals surface area contributed by atoms with E-state index < -0.39 is 0 Å². The van der Waals surface area contributed by atoms with Crippen LogP contribution in [0.15, 0.2) is 65.8 Å². The molecule has 0 saturated heterocycles. The van der Waals surface area contributed by atoms with Gasteiger partial charge in [-0.1, -0.05) is 0 Å². The third kappa shape index (κ3) is 2.92. The molecular formula is C21H15N5O2. The summed E-state index contributed by atoms with van der Waals surface area (Å²) in [5.74, 6) is -0.0987. The molecule has 28 heavy (non-hydrogen) atoms. The van der Waals surface area contributed by atoms with E-state index in [1.54, 1.807) is 35.6 Å². The molecule has 5 rings (SSSR count). The van der Waals surface area contributed by atoms with Crippen LogP contribution in [-0.4, -0.2) is 30.5 Å². The maximum atomic E-state index is 12.6. The SMILES string of the molecule is Cn1cc(-c2ccc3cnc(CC(=O)c4cc5ccoc5cn4)cc3n2)cn1. The predicted molar refractivity (Wildman–Crippen MR) is 104 cm³/mol. The van der Waals surface area contributed by atoms with Gasteiger partial charge in [0.15, 0.2) is 11.4 Å². The number of furan rings is 1. The summed E-state index contributed by atoms with van der Waals surface area (Å²) < 4.78 is 7.01. The molecule has 0 atom stereocenters. The summed E-state index contributed by atoms with van der Waals surface area (Å²) in [7, 11) is 1.87. The van der Waals surface area contributed by atoms with E-state index in [9.17, 15) is 4.79 Å². The molecule has 7 heteroatoms. The molecule has 5 aromatic rings. The van der Waals surface area contributed by atoms with Gasteiger partial charge in [0.2, 0.25) is 0 Å². The number of aromatic nitrogens is 5. The van der Waals surface area contributed by atoms with Gasteiger partial charge in [-0.05, 0) is 30.3 Å². The van der Waals surface area contributed by atoms with E-state index in [1.165, 1.54) is 0 Å². The molecule has 0 fully saturated rings. The van der Waals surface area contributed by atoms with Crippen molar-refractivity contribution in [1.82, 2.24) is 24.7 Å². The summed E-state index contributed by atoms with van der Waals surface area (Å²) in [4.78, 5) is 25.9. The fourth-order valence-corrected chi connectivity index (χ4v) is 3.14. The Balaban J connectivity index is 1.45. The number of Topliss-reactive ketones (excluding diaryl/α,β-unsaturated/α-hetero) is 1. The van der Waals surface area contributed by atoms with Crippen LogP contribution in [0.1, 0.15) is 16.2 Å². The second-order valence-electron chi connectivity index (χ2n) is 6.60. The van der Waals surface area contributed by atoms with Gasteiger partial charge >= 0.3 is 0 Å². The van der Waals surface area contributed by atoms with Crippen molar-refractivity contribution in [2.24, 2.45) is 7.05 Å². The van der Waals surface area contributed by atoms with Crippen LogP contribution in [0, 0.1) is 0 Å². The number of rotatable bonds is 4. The van der Waals surface area contributed by atoms with Gasteiger partial charge in [-0.2, -0.15) is 5.10 Å². The van der Waals surface area contributed by atoms with Crippen LogP contribution >= 0.6 is 0 Å². The molecule has 0 saturated carbocycles. The van der Waals surface area contributed by atoms with Crippen molar-refractivity contribution in [3.63, 3.8) is 0 Å². The lowest BCUT2D eigenvalue weighted by Gasteiger charge is -2.04. The van der Waals surface area contributed by atoms with Gasteiger partial charge in [0, 0.05) is 35.8 Å². The Morgan fingerprint density at radius 1 is 1.07 bits per heavy atom. The number of pyridine rings is 3. The Morgan fingerprint density at radius 3 is 2.86 bits per heavy atom. The molecule has 0 N–H and O–H groups in total. The van der Waals surface area contributed by atoms with Crippen LogP contribution < -0.4 is 0 Å². The van der Waals surface area contributed by atoms with E-state index in [0.717, 1.165) is 27.5 Å². The summed E-state index contributed by atoms with van der Waals surface area (Å²) in [5.41, 5.74) is 4.27. The van der Waals surface area contributed by atoms with Gasteiger partial charge in [-0.15, -0.1) is 0 Å². The Morgan fingerprint density at radius 2 is 2.00 bits per heavy atom. The average molecular weight is 369 g/mol. The molecule has 0 radical (unpaired) electrons. The fraction of sp³-hybridized carbons (Fsp3) is 0.0952. The number of aryl methyl sites for hydroxylation is 1. The van der Waals surface area contributed by atoms with Crippen molar-refractivity contribution < 1.29 is 9.21 Å². The maximum absolute atomic E-state index is 12.6. The highest BCUT2D eigenvalue weighted by molar-refractivity contribution is 5.98. The minimum Gasteiger partial charge on any atom is -0.463 e. The molecule has 0 amide bonds. The lowest BCUT2D eigenvalue weighted by molar-refractivity contribution is 0.0987. The zero-order chi connectivity index (χ0) is 19.1. The summed E-state index contributed by atoms with van der Waals surface area (Å²) in [5, 5.41) is 5.96. The molecule has 0 unspecified atom stereocenters.